The van der Waals surface area contributed by atoms with E-state index in [0.717, 1.165) is 6.92 Å². The van der Waals surface area contributed by atoms with Crippen molar-refractivity contribution in [3.63, 3.8) is 0 Å². The van der Waals surface area contributed by atoms with Gasteiger partial charge in [0.2, 0.25) is 0 Å². The second kappa shape index (κ2) is 4.04. The number of halogens is 3. The predicted molar refractivity (Wildman–Crippen MR) is 51.4 cm³/mol. The first-order valence-electron chi connectivity index (χ1n) is 4.31. The summed E-state index contributed by atoms with van der Waals surface area (Å²) in [5.74, 6) is -1.14. The van der Waals surface area contributed by atoms with Gasteiger partial charge in [0.05, 0.1) is 10.5 Å². The molecule has 0 spiro atoms. The van der Waals surface area contributed by atoms with Crippen molar-refractivity contribution in [2.75, 3.05) is 0 Å². The van der Waals surface area contributed by atoms with Gasteiger partial charge in [-0.25, -0.2) is 0 Å². The molecule has 1 aromatic carbocycles. The zero-order valence-electron chi connectivity index (χ0n) is 8.54. The van der Waals surface area contributed by atoms with E-state index >= 15 is 0 Å². The van der Waals surface area contributed by atoms with Crippen LogP contribution in [0.25, 0.3) is 0 Å². The minimum atomic E-state index is -4.72. The Kier molecular flexibility index (Phi) is 3.08. The van der Waals surface area contributed by atoms with Crippen molar-refractivity contribution in [1.82, 2.24) is 0 Å². The lowest BCUT2D eigenvalue weighted by molar-refractivity contribution is -0.385. The number of primary amides is 1. The third-order valence-corrected chi connectivity index (χ3v) is 2.18. The maximum atomic E-state index is 12.5. The molecule has 0 bridgehead atoms. The highest BCUT2D eigenvalue weighted by molar-refractivity contribution is 5.97. The first kappa shape index (κ1) is 12.9. The van der Waals surface area contributed by atoms with Crippen molar-refractivity contribution in [3.05, 3.63) is 38.9 Å². The zero-order chi connectivity index (χ0) is 13.4. The van der Waals surface area contributed by atoms with E-state index in [0.29, 0.717) is 12.1 Å². The van der Waals surface area contributed by atoms with Gasteiger partial charge >= 0.3 is 6.18 Å². The van der Waals surface area contributed by atoms with E-state index in [4.69, 9.17) is 5.73 Å². The van der Waals surface area contributed by atoms with Gasteiger partial charge in [0, 0.05) is 5.56 Å². The van der Waals surface area contributed by atoms with E-state index in [1.807, 2.05) is 0 Å². The maximum Gasteiger partial charge on any atom is 0.416 e. The molecule has 1 aromatic rings. The lowest BCUT2D eigenvalue weighted by Gasteiger charge is -2.11. The molecule has 0 aliphatic carbocycles. The molecule has 0 saturated carbocycles. The summed E-state index contributed by atoms with van der Waals surface area (Å²) in [7, 11) is 0. The Morgan fingerprint density at radius 3 is 2.29 bits per heavy atom. The molecule has 0 atom stereocenters. The number of nitro groups is 1. The molecule has 17 heavy (non-hydrogen) atoms. The topological polar surface area (TPSA) is 86.2 Å². The fourth-order valence-corrected chi connectivity index (χ4v) is 1.44. The summed E-state index contributed by atoms with van der Waals surface area (Å²) in [5.41, 5.74) is 1.62. The highest BCUT2D eigenvalue weighted by Crippen LogP contribution is 2.36. The Balaban J connectivity index is 3.61. The number of nitrogens with zero attached hydrogens (tertiary/aromatic N) is 1. The maximum absolute atomic E-state index is 12.5. The number of carbonyl (C=O) groups excluding carboxylic acids is 1. The highest BCUT2D eigenvalue weighted by atomic mass is 19.4. The highest BCUT2D eigenvalue weighted by Gasteiger charge is 2.36. The average molecular weight is 248 g/mol. The van der Waals surface area contributed by atoms with Crippen LogP contribution in [-0.2, 0) is 6.18 Å². The van der Waals surface area contributed by atoms with Crippen molar-refractivity contribution >= 4 is 11.6 Å². The van der Waals surface area contributed by atoms with Crippen molar-refractivity contribution in [1.29, 1.82) is 0 Å². The van der Waals surface area contributed by atoms with Crippen LogP contribution >= 0.6 is 0 Å². The molecule has 0 unspecified atom stereocenters. The molecule has 1 amide bonds. The lowest BCUT2D eigenvalue weighted by Crippen LogP contribution is -2.17. The van der Waals surface area contributed by atoms with Crippen LogP contribution < -0.4 is 5.73 Å². The monoisotopic (exact) mass is 248 g/mol. The molecule has 5 nitrogen and oxygen atoms in total. The van der Waals surface area contributed by atoms with Crippen LogP contribution in [0.15, 0.2) is 12.1 Å². The Bertz CT molecular complexity index is 497. The summed E-state index contributed by atoms with van der Waals surface area (Å²) in [6.45, 7) is 0.924. The second-order valence-electron chi connectivity index (χ2n) is 3.25. The molecule has 0 saturated heterocycles. The molecular formula is C9H7F3N2O3. The molecule has 0 fully saturated rings. The molecule has 1 rings (SSSR count). The number of carbonyl (C=O) groups is 1. The van der Waals surface area contributed by atoms with E-state index in [-0.39, 0.29) is 0 Å². The number of rotatable bonds is 2. The van der Waals surface area contributed by atoms with E-state index in [2.05, 4.69) is 0 Å². The summed E-state index contributed by atoms with van der Waals surface area (Å²) in [6, 6.07) is 1.30. The molecule has 0 aromatic heterocycles. The number of nitrogens with two attached hydrogens (primary N) is 1. The quantitative estimate of drug-likeness (QED) is 0.641. The Morgan fingerprint density at radius 2 is 1.94 bits per heavy atom. The van der Waals surface area contributed by atoms with Gasteiger partial charge in [-0.1, -0.05) is 0 Å². The molecule has 0 aliphatic heterocycles. The van der Waals surface area contributed by atoms with Crippen LogP contribution in [-0.4, -0.2) is 10.8 Å². The average Bonchev–Trinajstić information content (AvgIpc) is 2.13. The van der Waals surface area contributed by atoms with Gasteiger partial charge in [-0.05, 0) is 19.1 Å². The van der Waals surface area contributed by atoms with Gasteiger partial charge in [-0.15, -0.1) is 0 Å². The zero-order valence-corrected chi connectivity index (χ0v) is 8.54. The first-order valence-corrected chi connectivity index (χ1v) is 4.31. The predicted octanol–water partition coefficient (Wildman–Crippen LogP) is 2.02. The van der Waals surface area contributed by atoms with Gasteiger partial charge in [-0.3, -0.25) is 14.9 Å². The Hall–Kier alpha value is -2.12. The van der Waals surface area contributed by atoms with Crippen LogP contribution in [0.4, 0.5) is 18.9 Å². The molecule has 0 heterocycles. The molecule has 2 N–H and O–H groups in total. The molecule has 0 aliphatic rings. The third-order valence-electron chi connectivity index (χ3n) is 2.18. The third kappa shape index (κ3) is 2.35. The molecule has 8 heteroatoms. The Morgan fingerprint density at radius 1 is 1.41 bits per heavy atom. The minimum absolute atomic E-state index is 0.541. The number of hydrogen-bond acceptors (Lipinski definition) is 3. The van der Waals surface area contributed by atoms with Gasteiger partial charge in [0.25, 0.3) is 11.6 Å². The molecule has 92 valence electrons. The SMILES string of the molecule is Cc1c(C(F)(F)F)ccc(C(N)=O)c1[N+](=O)[O-]. The number of amides is 1. The second-order valence-corrected chi connectivity index (χ2v) is 3.25. The van der Waals surface area contributed by atoms with Crippen LogP contribution in [0.2, 0.25) is 0 Å². The van der Waals surface area contributed by atoms with E-state index < -0.39 is 39.4 Å². The van der Waals surface area contributed by atoms with Crippen LogP contribution in [0.1, 0.15) is 21.5 Å². The fourth-order valence-electron chi connectivity index (χ4n) is 1.44. The lowest BCUT2D eigenvalue weighted by atomic mass is 10.0. The Labute approximate surface area is 93.2 Å². The fraction of sp³-hybridized carbons (Fsp3) is 0.222. The molecule has 0 radical (unpaired) electrons. The van der Waals surface area contributed by atoms with Crippen molar-refractivity contribution in [2.45, 2.75) is 13.1 Å². The van der Waals surface area contributed by atoms with Gasteiger partial charge in [0.1, 0.15) is 5.56 Å². The number of benzene rings is 1. The first-order chi connectivity index (χ1) is 7.66. The number of nitro benzene ring substituents is 1. The van der Waals surface area contributed by atoms with Gasteiger partial charge < -0.3 is 5.73 Å². The normalized spacial score (nSPS) is 11.3. The van der Waals surface area contributed by atoms with Gasteiger partial charge in [0.15, 0.2) is 0 Å². The van der Waals surface area contributed by atoms with E-state index in [1.54, 1.807) is 0 Å². The number of hydrogen-bond donors (Lipinski definition) is 1. The van der Waals surface area contributed by atoms with Crippen molar-refractivity contribution < 1.29 is 22.9 Å². The number of alkyl halides is 3. The minimum Gasteiger partial charge on any atom is -0.365 e. The van der Waals surface area contributed by atoms with Crippen LogP contribution in [0, 0.1) is 17.0 Å². The van der Waals surface area contributed by atoms with Crippen LogP contribution in [0.3, 0.4) is 0 Å². The summed E-state index contributed by atoms with van der Waals surface area (Å²) in [5, 5.41) is 10.7. The summed E-state index contributed by atoms with van der Waals surface area (Å²) < 4.78 is 37.5. The van der Waals surface area contributed by atoms with Crippen molar-refractivity contribution in [3.8, 4) is 0 Å². The summed E-state index contributed by atoms with van der Waals surface area (Å²) >= 11 is 0. The van der Waals surface area contributed by atoms with E-state index in [1.165, 1.54) is 0 Å². The van der Waals surface area contributed by atoms with Gasteiger partial charge in [-0.2, -0.15) is 13.2 Å². The summed E-state index contributed by atoms with van der Waals surface area (Å²) in [4.78, 5) is 20.5. The van der Waals surface area contributed by atoms with E-state index in [9.17, 15) is 28.1 Å². The standard InChI is InChI=1S/C9H7F3N2O3/c1-4-6(9(10,11)12)3-2-5(8(13)15)7(4)14(16)17/h2-3H,1H3,(H2,13,15). The van der Waals surface area contributed by atoms with Crippen LogP contribution in [0.5, 0.6) is 0 Å². The van der Waals surface area contributed by atoms with Crippen molar-refractivity contribution in [2.24, 2.45) is 5.73 Å². The summed E-state index contributed by atoms with van der Waals surface area (Å²) in [6.07, 6.45) is -4.72. The smallest absolute Gasteiger partial charge is 0.365 e. The molecular weight excluding hydrogens is 241 g/mol. The largest absolute Gasteiger partial charge is 0.416 e.